The zero-order valence-corrected chi connectivity index (χ0v) is 16.9. The summed E-state index contributed by atoms with van der Waals surface area (Å²) in [7, 11) is 0. The molecule has 0 bridgehead atoms. The van der Waals surface area contributed by atoms with Crippen LogP contribution in [0.15, 0.2) is 76.5 Å². The van der Waals surface area contributed by atoms with E-state index < -0.39 is 0 Å². The van der Waals surface area contributed by atoms with E-state index in [1.54, 1.807) is 30.0 Å². The number of furan rings is 1. The summed E-state index contributed by atoms with van der Waals surface area (Å²) < 4.78 is 5.03. The maximum absolute atomic E-state index is 12.6. The van der Waals surface area contributed by atoms with E-state index in [1.807, 2.05) is 42.5 Å². The highest BCUT2D eigenvalue weighted by molar-refractivity contribution is 7.98. The fourth-order valence-electron chi connectivity index (χ4n) is 2.95. The Hall–Kier alpha value is -3.52. The molecule has 2 amide bonds. The second-order valence-corrected chi connectivity index (χ2v) is 7.46. The fraction of sp³-hybridized carbons (Fsp3) is 0.136. The molecule has 4 aromatic rings. The van der Waals surface area contributed by atoms with Crippen molar-refractivity contribution < 1.29 is 14.0 Å². The molecule has 4 rings (SSSR count). The molecule has 3 N–H and O–H groups in total. The number of aromatic amines is 1. The highest BCUT2D eigenvalue weighted by Crippen LogP contribution is 2.24. The summed E-state index contributed by atoms with van der Waals surface area (Å²) in [6.07, 6.45) is 1.44. The van der Waals surface area contributed by atoms with Crippen LogP contribution in [0.4, 0.5) is 0 Å². The molecule has 2 aromatic heterocycles. The third kappa shape index (κ3) is 4.72. The SMILES string of the molecule is O=C(NCCNC(=O)c1ccccc1CSc1nc2ccccc2[nH]1)c1ccco1. The van der Waals surface area contributed by atoms with Gasteiger partial charge in [-0.2, -0.15) is 0 Å². The number of benzene rings is 2. The van der Waals surface area contributed by atoms with Crippen molar-refractivity contribution in [3.05, 3.63) is 83.8 Å². The Morgan fingerprint density at radius 3 is 2.50 bits per heavy atom. The Labute approximate surface area is 177 Å². The van der Waals surface area contributed by atoms with Crippen LogP contribution in [0.2, 0.25) is 0 Å². The molecule has 8 heteroatoms. The second kappa shape index (κ2) is 9.32. The molecule has 0 spiro atoms. The maximum atomic E-state index is 12.6. The van der Waals surface area contributed by atoms with Gasteiger partial charge in [0.15, 0.2) is 10.9 Å². The number of amides is 2. The molecule has 7 nitrogen and oxygen atoms in total. The minimum Gasteiger partial charge on any atom is -0.459 e. The second-order valence-electron chi connectivity index (χ2n) is 6.49. The van der Waals surface area contributed by atoms with Crippen molar-refractivity contribution in [2.45, 2.75) is 10.9 Å². The van der Waals surface area contributed by atoms with Gasteiger partial charge in [-0.15, -0.1) is 0 Å². The van der Waals surface area contributed by atoms with Gasteiger partial charge in [0.25, 0.3) is 11.8 Å². The molecular formula is C22H20N4O3S. The number of aromatic nitrogens is 2. The van der Waals surface area contributed by atoms with E-state index in [9.17, 15) is 9.59 Å². The molecule has 2 aromatic carbocycles. The Balaban J connectivity index is 1.31. The predicted octanol–water partition coefficient (Wildman–Crippen LogP) is 3.61. The average molecular weight is 420 g/mol. The number of rotatable bonds is 8. The number of nitrogens with zero attached hydrogens (tertiary/aromatic N) is 1. The molecule has 0 saturated heterocycles. The lowest BCUT2D eigenvalue weighted by atomic mass is 10.1. The van der Waals surface area contributed by atoms with Crippen molar-refractivity contribution >= 4 is 34.6 Å². The van der Waals surface area contributed by atoms with E-state index in [0.717, 1.165) is 21.8 Å². The smallest absolute Gasteiger partial charge is 0.287 e. The van der Waals surface area contributed by atoms with Crippen LogP contribution in [0.5, 0.6) is 0 Å². The minimum atomic E-state index is -0.308. The lowest BCUT2D eigenvalue weighted by Crippen LogP contribution is -2.34. The van der Waals surface area contributed by atoms with Crippen LogP contribution in [0.1, 0.15) is 26.5 Å². The van der Waals surface area contributed by atoms with E-state index in [4.69, 9.17) is 4.42 Å². The minimum absolute atomic E-state index is 0.178. The van der Waals surface area contributed by atoms with Gasteiger partial charge in [-0.1, -0.05) is 42.1 Å². The molecule has 0 aliphatic heterocycles. The number of carbonyl (C=O) groups excluding carboxylic acids is 2. The van der Waals surface area contributed by atoms with Gasteiger partial charge in [0.2, 0.25) is 0 Å². The molecular weight excluding hydrogens is 400 g/mol. The number of fused-ring (bicyclic) bond motifs is 1. The lowest BCUT2D eigenvalue weighted by molar-refractivity contribution is 0.0910. The molecule has 0 saturated carbocycles. The van der Waals surface area contributed by atoms with Gasteiger partial charge < -0.3 is 20.0 Å². The summed E-state index contributed by atoms with van der Waals surface area (Å²) in [5.41, 5.74) is 3.43. The third-order valence-electron chi connectivity index (χ3n) is 4.44. The summed E-state index contributed by atoms with van der Waals surface area (Å²) in [5, 5.41) is 6.36. The normalized spacial score (nSPS) is 10.8. The first kappa shape index (κ1) is 19.8. The Bertz CT molecular complexity index is 1120. The van der Waals surface area contributed by atoms with Gasteiger partial charge in [-0.05, 0) is 35.9 Å². The highest BCUT2D eigenvalue weighted by Gasteiger charge is 2.12. The summed E-state index contributed by atoms with van der Waals surface area (Å²) in [6, 6.07) is 18.6. The van der Waals surface area contributed by atoms with Gasteiger partial charge in [-0.25, -0.2) is 4.98 Å². The molecule has 0 aliphatic rings. The largest absolute Gasteiger partial charge is 0.459 e. The van der Waals surface area contributed by atoms with Gasteiger partial charge in [0.05, 0.1) is 17.3 Å². The van der Waals surface area contributed by atoms with E-state index in [2.05, 4.69) is 20.6 Å². The van der Waals surface area contributed by atoms with Gasteiger partial charge in [0.1, 0.15) is 0 Å². The molecule has 0 fully saturated rings. The molecule has 30 heavy (non-hydrogen) atoms. The van der Waals surface area contributed by atoms with Crippen LogP contribution in [0.3, 0.4) is 0 Å². The maximum Gasteiger partial charge on any atom is 0.287 e. The summed E-state index contributed by atoms with van der Waals surface area (Å²) >= 11 is 1.55. The number of H-pyrrole nitrogens is 1. The summed E-state index contributed by atoms with van der Waals surface area (Å²) in [4.78, 5) is 32.3. The molecule has 0 radical (unpaired) electrons. The van der Waals surface area contributed by atoms with E-state index in [1.165, 1.54) is 6.26 Å². The quantitative estimate of drug-likeness (QED) is 0.299. The average Bonchev–Trinajstić information content (AvgIpc) is 3.45. The van der Waals surface area contributed by atoms with Crippen molar-refractivity contribution in [2.75, 3.05) is 13.1 Å². The van der Waals surface area contributed by atoms with Crippen LogP contribution in [-0.2, 0) is 5.75 Å². The summed E-state index contributed by atoms with van der Waals surface area (Å²) in [5.74, 6) is 0.368. The van der Waals surface area contributed by atoms with Gasteiger partial charge in [0, 0.05) is 24.4 Å². The van der Waals surface area contributed by atoms with Crippen molar-refractivity contribution in [2.24, 2.45) is 0 Å². The zero-order chi connectivity index (χ0) is 20.8. The Morgan fingerprint density at radius 1 is 0.933 bits per heavy atom. The number of carbonyl (C=O) groups is 2. The van der Waals surface area contributed by atoms with Gasteiger partial charge >= 0.3 is 0 Å². The van der Waals surface area contributed by atoms with Crippen molar-refractivity contribution in [3.8, 4) is 0 Å². The lowest BCUT2D eigenvalue weighted by Gasteiger charge is -2.10. The van der Waals surface area contributed by atoms with Crippen LogP contribution >= 0.6 is 11.8 Å². The predicted molar refractivity (Wildman–Crippen MR) is 115 cm³/mol. The summed E-state index contributed by atoms with van der Waals surface area (Å²) in [6.45, 7) is 0.623. The third-order valence-corrected chi connectivity index (χ3v) is 5.36. The zero-order valence-electron chi connectivity index (χ0n) is 16.1. The number of hydrogen-bond donors (Lipinski definition) is 3. The van der Waals surface area contributed by atoms with Crippen molar-refractivity contribution in [1.29, 1.82) is 0 Å². The van der Waals surface area contributed by atoms with Crippen LogP contribution < -0.4 is 10.6 Å². The molecule has 0 aliphatic carbocycles. The number of nitrogens with one attached hydrogen (secondary N) is 3. The first-order chi connectivity index (χ1) is 14.7. The number of imidazole rings is 1. The monoisotopic (exact) mass is 420 g/mol. The first-order valence-corrected chi connectivity index (χ1v) is 10.4. The Morgan fingerprint density at radius 2 is 1.70 bits per heavy atom. The molecule has 0 atom stereocenters. The number of para-hydroxylation sites is 2. The van der Waals surface area contributed by atoms with Gasteiger partial charge in [-0.3, -0.25) is 9.59 Å². The highest BCUT2D eigenvalue weighted by atomic mass is 32.2. The number of thioether (sulfide) groups is 1. The van der Waals surface area contributed by atoms with Crippen LogP contribution in [0.25, 0.3) is 11.0 Å². The molecule has 0 unspecified atom stereocenters. The van der Waals surface area contributed by atoms with Crippen LogP contribution in [0, 0.1) is 0 Å². The Kier molecular flexibility index (Phi) is 6.14. The van der Waals surface area contributed by atoms with Crippen molar-refractivity contribution in [1.82, 2.24) is 20.6 Å². The van der Waals surface area contributed by atoms with E-state index in [-0.39, 0.29) is 17.6 Å². The van der Waals surface area contributed by atoms with Crippen molar-refractivity contribution in [3.63, 3.8) is 0 Å². The van der Waals surface area contributed by atoms with Crippen LogP contribution in [-0.4, -0.2) is 34.9 Å². The fourth-order valence-corrected chi connectivity index (χ4v) is 3.84. The number of hydrogen-bond acceptors (Lipinski definition) is 5. The molecule has 2 heterocycles. The molecule has 152 valence electrons. The van der Waals surface area contributed by atoms with E-state index in [0.29, 0.717) is 24.4 Å². The first-order valence-electron chi connectivity index (χ1n) is 9.46. The standard InChI is InChI=1S/C22H20N4O3S/c27-20(23-11-12-24-21(28)19-10-5-13-29-19)16-7-2-1-6-15(16)14-30-22-25-17-8-3-4-9-18(17)26-22/h1-10,13H,11-12,14H2,(H,23,27)(H,24,28)(H,25,26). The van der Waals surface area contributed by atoms with E-state index >= 15 is 0 Å². The topological polar surface area (TPSA) is 100 Å².